The number of nitrogens with one attached hydrogen (secondary N) is 1. The molecule has 1 N–H and O–H groups in total. The van der Waals surface area contributed by atoms with Gasteiger partial charge in [-0.3, -0.25) is 0 Å². The molecule has 0 aromatic carbocycles. The first-order valence-corrected chi connectivity index (χ1v) is 2.80. The topological polar surface area (TPSA) is 76.1 Å². The molecule has 1 aliphatic heterocycles. The molecule has 0 unspecified atom stereocenters. The highest BCUT2D eigenvalue weighted by atomic mass is 16.6. The summed E-state index contributed by atoms with van der Waals surface area (Å²) in [4.78, 5) is 4.51. The van der Waals surface area contributed by atoms with E-state index in [0.29, 0.717) is 0 Å². The average molecular weight is 141 g/mol. The molecule has 0 amide bonds. The Balaban J connectivity index is 0.0000001000. The molecule has 1 aromatic rings. The zero-order chi connectivity index (χ0) is 7.07. The molecule has 0 aliphatic carbocycles. The van der Waals surface area contributed by atoms with Crippen LogP contribution in [0.1, 0.15) is 6.42 Å². The van der Waals surface area contributed by atoms with E-state index in [1.807, 2.05) is 0 Å². The van der Waals surface area contributed by atoms with E-state index in [4.69, 9.17) is 0 Å². The number of hydrogen-bond donors (Lipinski definition) is 1. The molecule has 54 valence electrons. The number of rotatable bonds is 0. The number of aromatic amines is 1. The highest BCUT2D eigenvalue weighted by Crippen LogP contribution is 1.86. The zero-order valence-electron chi connectivity index (χ0n) is 5.27. The van der Waals surface area contributed by atoms with Crippen LogP contribution in [0.2, 0.25) is 0 Å². The van der Waals surface area contributed by atoms with Gasteiger partial charge in [0.05, 0.1) is 0 Å². The molecule has 0 radical (unpaired) electrons. The number of hydrogen-bond acceptors (Lipinski definition) is 5. The van der Waals surface area contributed by atoms with Crippen LogP contribution in [-0.4, -0.2) is 33.4 Å². The van der Waals surface area contributed by atoms with E-state index in [1.165, 1.54) is 6.33 Å². The van der Waals surface area contributed by atoms with Gasteiger partial charge in [-0.2, -0.15) is 5.21 Å². The summed E-state index contributed by atoms with van der Waals surface area (Å²) in [5.74, 6) is 0. The summed E-state index contributed by atoms with van der Waals surface area (Å²) >= 11 is 0. The molecule has 6 heteroatoms. The molecule has 2 rings (SSSR count). The number of H-pyrrole nitrogens is 1. The maximum Gasteiger partial charge on any atom is 0.161 e. The van der Waals surface area contributed by atoms with Crippen molar-refractivity contribution in [1.29, 1.82) is 0 Å². The van der Waals surface area contributed by atoms with Gasteiger partial charge < -0.3 is 4.84 Å². The van der Waals surface area contributed by atoms with Gasteiger partial charge in [0.1, 0.15) is 6.61 Å². The molecular weight excluding hydrogens is 134 g/mol. The second-order valence-electron chi connectivity index (χ2n) is 1.47. The number of oxime groups is 1. The van der Waals surface area contributed by atoms with Gasteiger partial charge in [0.15, 0.2) is 6.33 Å². The Labute approximate surface area is 57.3 Å². The van der Waals surface area contributed by atoms with E-state index in [1.54, 1.807) is 6.21 Å². The van der Waals surface area contributed by atoms with Crippen molar-refractivity contribution in [2.45, 2.75) is 6.42 Å². The molecule has 2 heterocycles. The summed E-state index contributed by atoms with van der Waals surface area (Å²) in [5.41, 5.74) is 0. The lowest BCUT2D eigenvalue weighted by Gasteiger charge is -1.76. The van der Waals surface area contributed by atoms with Crippen molar-refractivity contribution in [1.82, 2.24) is 20.6 Å². The molecule has 0 spiro atoms. The normalized spacial score (nSPS) is 13.6. The maximum atomic E-state index is 4.51. The minimum Gasteiger partial charge on any atom is -0.396 e. The molecular formula is C4H7N5O. The van der Waals surface area contributed by atoms with E-state index in [-0.39, 0.29) is 0 Å². The fourth-order valence-corrected chi connectivity index (χ4v) is 0.393. The van der Waals surface area contributed by atoms with Crippen LogP contribution in [0.25, 0.3) is 0 Å². The van der Waals surface area contributed by atoms with Crippen LogP contribution in [-0.2, 0) is 4.84 Å². The molecule has 1 aliphatic rings. The Morgan fingerprint density at radius 1 is 1.50 bits per heavy atom. The average Bonchev–Trinajstić information content (AvgIpc) is 2.67. The number of aromatic nitrogens is 4. The van der Waals surface area contributed by atoms with Gasteiger partial charge in [-0.25, -0.2) is 0 Å². The Hall–Kier alpha value is -1.46. The lowest BCUT2D eigenvalue weighted by molar-refractivity contribution is 0.174. The van der Waals surface area contributed by atoms with Gasteiger partial charge in [0, 0.05) is 12.6 Å². The van der Waals surface area contributed by atoms with Gasteiger partial charge >= 0.3 is 0 Å². The summed E-state index contributed by atoms with van der Waals surface area (Å²) < 4.78 is 0. The molecule has 10 heavy (non-hydrogen) atoms. The Morgan fingerprint density at radius 2 is 2.50 bits per heavy atom. The SMILES string of the molecule is C1=NOCC1.c1nn[nH]n1. The Bertz CT molecular complexity index is 149. The third-order valence-corrected chi connectivity index (χ3v) is 0.757. The molecule has 1 aromatic heterocycles. The van der Waals surface area contributed by atoms with Gasteiger partial charge in [-0.05, 0) is 0 Å². The predicted octanol–water partition coefficient (Wildman–Crippen LogP) is -0.408. The van der Waals surface area contributed by atoms with E-state index >= 15 is 0 Å². The van der Waals surface area contributed by atoms with Crippen molar-refractivity contribution >= 4 is 6.21 Å². The quantitative estimate of drug-likeness (QED) is 0.533. The minimum atomic E-state index is 0.778. The first-order valence-electron chi connectivity index (χ1n) is 2.80. The summed E-state index contributed by atoms with van der Waals surface area (Å²) in [6.07, 6.45) is 4.08. The summed E-state index contributed by atoms with van der Waals surface area (Å²) in [5, 5.41) is 15.6. The monoisotopic (exact) mass is 141 g/mol. The number of nitrogens with zero attached hydrogens (tertiary/aromatic N) is 4. The van der Waals surface area contributed by atoms with E-state index in [9.17, 15) is 0 Å². The van der Waals surface area contributed by atoms with Crippen LogP contribution in [0.3, 0.4) is 0 Å². The van der Waals surface area contributed by atoms with Gasteiger partial charge in [0.25, 0.3) is 0 Å². The predicted molar refractivity (Wildman–Crippen MR) is 33.2 cm³/mol. The van der Waals surface area contributed by atoms with Crippen molar-refractivity contribution in [2.24, 2.45) is 5.16 Å². The zero-order valence-corrected chi connectivity index (χ0v) is 5.27. The van der Waals surface area contributed by atoms with Crippen molar-refractivity contribution in [2.75, 3.05) is 6.61 Å². The fraction of sp³-hybridized carbons (Fsp3) is 0.500. The molecule has 0 fully saturated rings. The van der Waals surface area contributed by atoms with Crippen LogP contribution >= 0.6 is 0 Å². The Kier molecular flexibility index (Phi) is 2.94. The lowest BCUT2D eigenvalue weighted by Crippen LogP contribution is -1.72. The largest absolute Gasteiger partial charge is 0.396 e. The first-order chi connectivity index (χ1) is 5.00. The molecule has 0 atom stereocenters. The van der Waals surface area contributed by atoms with Crippen LogP contribution in [0.4, 0.5) is 0 Å². The molecule has 0 saturated heterocycles. The second kappa shape index (κ2) is 4.42. The third kappa shape index (κ3) is 2.75. The fourth-order valence-electron chi connectivity index (χ4n) is 0.393. The summed E-state index contributed by atoms with van der Waals surface area (Å²) in [6, 6.07) is 0. The van der Waals surface area contributed by atoms with E-state index in [0.717, 1.165) is 13.0 Å². The van der Waals surface area contributed by atoms with Gasteiger partial charge in [-0.1, -0.05) is 10.4 Å². The third-order valence-electron chi connectivity index (χ3n) is 0.757. The second-order valence-corrected chi connectivity index (χ2v) is 1.47. The number of tetrazole rings is 1. The van der Waals surface area contributed by atoms with E-state index in [2.05, 4.69) is 30.6 Å². The standard InChI is InChI=1S/C3H5NO.CH2N4/c2*1-2-4-5-3-1/h2H,1,3H2;1H,(H,2,3,4,5). The lowest BCUT2D eigenvalue weighted by atomic mass is 10.5. The highest BCUT2D eigenvalue weighted by molar-refractivity contribution is 5.57. The van der Waals surface area contributed by atoms with Crippen LogP contribution in [0.15, 0.2) is 11.5 Å². The van der Waals surface area contributed by atoms with Crippen LogP contribution in [0.5, 0.6) is 0 Å². The van der Waals surface area contributed by atoms with Gasteiger partial charge in [-0.15, -0.1) is 10.2 Å². The van der Waals surface area contributed by atoms with Crippen molar-refractivity contribution < 1.29 is 4.84 Å². The van der Waals surface area contributed by atoms with Crippen molar-refractivity contribution in [3.63, 3.8) is 0 Å². The summed E-state index contributed by atoms with van der Waals surface area (Å²) in [6.45, 7) is 0.778. The Morgan fingerprint density at radius 3 is 2.70 bits per heavy atom. The van der Waals surface area contributed by atoms with E-state index < -0.39 is 0 Å². The van der Waals surface area contributed by atoms with Crippen LogP contribution in [0, 0.1) is 0 Å². The minimum absolute atomic E-state index is 0.778. The van der Waals surface area contributed by atoms with Crippen LogP contribution < -0.4 is 0 Å². The smallest absolute Gasteiger partial charge is 0.161 e. The van der Waals surface area contributed by atoms with Gasteiger partial charge in [0.2, 0.25) is 0 Å². The molecule has 6 nitrogen and oxygen atoms in total. The molecule has 0 bridgehead atoms. The maximum absolute atomic E-state index is 4.51. The highest BCUT2D eigenvalue weighted by Gasteiger charge is 1.86. The van der Waals surface area contributed by atoms with Crippen molar-refractivity contribution in [3.05, 3.63) is 6.33 Å². The van der Waals surface area contributed by atoms with Crippen molar-refractivity contribution in [3.8, 4) is 0 Å². The summed E-state index contributed by atoms with van der Waals surface area (Å²) in [7, 11) is 0. The first kappa shape index (κ1) is 6.66. The molecule has 0 saturated carbocycles.